The highest BCUT2D eigenvalue weighted by molar-refractivity contribution is 9.09. The Bertz CT molecular complexity index is 237. The highest BCUT2D eigenvalue weighted by Gasteiger charge is 2.34. The van der Waals surface area contributed by atoms with E-state index in [0.29, 0.717) is 13.2 Å². The van der Waals surface area contributed by atoms with Crippen LogP contribution >= 0.6 is 15.9 Å². The summed E-state index contributed by atoms with van der Waals surface area (Å²) < 4.78 is 5.59. The molecule has 0 aromatic carbocycles. The summed E-state index contributed by atoms with van der Waals surface area (Å²) in [5.74, 6) is 0.212. The molecule has 2 atom stereocenters. The lowest BCUT2D eigenvalue weighted by molar-refractivity contribution is -0.151. The van der Waals surface area contributed by atoms with E-state index in [1.165, 1.54) is 0 Å². The quantitative estimate of drug-likeness (QED) is 0.687. The number of halogens is 1. The molecule has 0 aromatic heterocycles. The highest BCUT2D eigenvalue weighted by Crippen LogP contribution is 2.22. The first-order chi connectivity index (χ1) is 6.86. The van der Waals surface area contributed by atoms with Gasteiger partial charge in [-0.1, -0.05) is 36.7 Å². The lowest BCUT2D eigenvalue weighted by Crippen LogP contribution is -2.54. The predicted molar refractivity (Wildman–Crippen MR) is 64.2 cm³/mol. The number of morpholine rings is 1. The van der Waals surface area contributed by atoms with E-state index in [1.807, 2.05) is 32.6 Å². The van der Waals surface area contributed by atoms with E-state index in [1.54, 1.807) is 0 Å². The Morgan fingerprint density at radius 1 is 1.53 bits per heavy atom. The van der Waals surface area contributed by atoms with Gasteiger partial charge in [-0.05, 0) is 6.92 Å². The summed E-state index contributed by atoms with van der Waals surface area (Å²) in [5, 5.41) is 0.785. The number of ether oxygens (including phenoxy) is 1. The Kier molecular flexibility index (Phi) is 4.18. The van der Waals surface area contributed by atoms with Gasteiger partial charge in [0.2, 0.25) is 5.91 Å². The van der Waals surface area contributed by atoms with Crippen LogP contribution in [-0.4, -0.2) is 41.4 Å². The molecule has 1 aliphatic heterocycles. The van der Waals surface area contributed by atoms with Gasteiger partial charge in [-0.3, -0.25) is 4.79 Å². The Labute approximate surface area is 100 Å². The molecule has 0 saturated carbocycles. The zero-order valence-electron chi connectivity index (χ0n) is 9.92. The standard InChI is InChI=1S/C11H20BrNO2/c1-8-7-15-9(5-12)6-13(8)10(14)11(2,3)4/h8-9H,5-7H2,1-4H3. The van der Waals surface area contributed by atoms with Crippen molar-refractivity contribution >= 4 is 21.8 Å². The summed E-state index contributed by atoms with van der Waals surface area (Å²) in [4.78, 5) is 14.1. The van der Waals surface area contributed by atoms with Crippen LogP contribution in [0.25, 0.3) is 0 Å². The second kappa shape index (κ2) is 4.83. The summed E-state index contributed by atoms with van der Waals surface area (Å²) in [6, 6.07) is 0.187. The Hall–Kier alpha value is -0.0900. The topological polar surface area (TPSA) is 29.5 Å². The third kappa shape index (κ3) is 3.18. The fourth-order valence-electron chi connectivity index (χ4n) is 1.62. The van der Waals surface area contributed by atoms with Crippen LogP contribution in [0.1, 0.15) is 27.7 Å². The molecule has 1 fully saturated rings. The Morgan fingerprint density at radius 2 is 2.13 bits per heavy atom. The van der Waals surface area contributed by atoms with Gasteiger partial charge in [0.1, 0.15) is 0 Å². The fraction of sp³-hybridized carbons (Fsp3) is 0.909. The third-order valence-electron chi connectivity index (χ3n) is 2.58. The molecule has 1 saturated heterocycles. The smallest absolute Gasteiger partial charge is 0.228 e. The van der Waals surface area contributed by atoms with Gasteiger partial charge in [-0.25, -0.2) is 0 Å². The molecule has 4 heteroatoms. The van der Waals surface area contributed by atoms with Crippen molar-refractivity contribution < 1.29 is 9.53 Å². The van der Waals surface area contributed by atoms with Gasteiger partial charge >= 0.3 is 0 Å². The van der Waals surface area contributed by atoms with Gasteiger partial charge in [0.25, 0.3) is 0 Å². The molecule has 0 aliphatic carbocycles. The Morgan fingerprint density at radius 3 is 2.60 bits per heavy atom. The number of carbonyl (C=O) groups is 1. The van der Waals surface area contributed by atoms with E-state index >= 15 is 0 Å². The van der Waals surface area contributed by atoms with E-state index in [4.69, 9.17) is 4.74 Å². The lowest BCUT2D eigenvalue weighted by atomic mass is 9.93. The zero-order chi connectivity index (χ0) is 11.6. The lowest BCUT2D eigenvalue weighted by Gasteiger charge is -2.40. The van der Waals surface area contributed by atoms with Gasteiger partial charge < -0.3 is 9.64 Å². The number of hydrogen-bond donors (Lipinski definition) is 0. The first-order valence-corrected chi connectivity index (χ1v) is 6.47. The minimum Gasteiger partial charge on any atom is -0.373 e. The fourth-order valence-corrected chi connectivity index (χ4v) is 2.02. The molecule has 88 valence electrons. The van der Waals surface area contributed by atoms with Crippen molar-refractivity contribution in [3.8, 4) is 0 Å². The maximum atomic E-state index is 12.1. The maximum Gasteiger partial charge on any atom is 0.228 e. The molecule has 15 heavy (non-hydrogen) atoms. The summed E-state index contributed by atoms with van der Waals surface area (Å²) in [7, 11) is 0. The molecule has 0 aromatic rings. The summed E-state index contributed by atoms with van der Waals surface area (Å²) >= 11 is 3.39. The van der Waals surface area contributed by atoms with E-state index in [2.05, 4.69) is 15.9 Å². The average molecular weight is 278 g/mol. The average Bonchev–Trinajstić information content (AvgIpc) is 2.16. The van der Waals surface area contributed by atoms with Gasteiger partial charge in [0.15, 0.2) is 0 Å². The van der Waals surface area contributed by atoms with E-state index < -0.39 is 0 Å². The molecular weight excluding hydrogens is 258 g/mol. The zero-order valence-corrected chi connectivity index (χ0v) is 11.5. The van der Waals surface area contributed by atoms with Crippen LogP contribution < -0.4 is 0 Å². The number of amides is 1. The number of hydrogen-bond acceptors (Lipinski definition) is 2. The summed E-state index contributed by atoms with van der Waals surface area (Å²) in [6.07, 6.45) is 0.132. The van der Waals surface area contributed by atoms with Crippen molar-refractivity contribution in [3.05, 3.63) is 0 Å². The third-order valence-corrected chi connectivity index (χ3v) is 3.30. The molecule has 0 spiro atoms. The summed E-state index contributed by atoms with van der Waals surface area (Å²) in [6.45, 7) is 9.25. The van der Waals surface area contributed by atoms with Crippen molar-refractivity contribution in [1.82, 2.24) is 4.90 Å². The van der Waals surface area contributed by atoms with Gasteiger partial charge in [-0.2, -0.15) is 0 Å². The molecule has 2 unspecified atom stereocenters. The molecule has 0 radical (unpaired) electrons. The monoisotopic (exact) mass is 277 g/mol. The van der Waals surface area contributed by atoms with Crippen LogP contribution in [0, 0.1) is 5.41 Å². The summed E-state index contributed by atoms with van der Waals surface area (Å²) in [5.41, 5.74) is -0.303. The first-order valence-electron chi connectivity index (χ1n) is 5.35. The van der Waals surface area contributed by atoms with Crippen LogP contribution in [0.15, 0.2) is 0 Å². The van der Waals surface area contributed by atoms with Gasteiger partial charge in [-0.15, -0.1) is 0 Å². The largest absolute Gasteiger partial charge is 0.373 e. The van der Waals surface area contributed by atoms with Crippen molar-refractivity contribution in [2.75, 3.05) is 18.5 Å². The van der Waals surface area contributed by atoms with Crippen LogP contribution in [0.3, 0.4) is 0 Å². The van der Waals surface area contributed by atoms with Crippen molar-refractivity contribution in [3.63, 3.8) is 0 Å². The van der Waals surface area contributed by atoms with E-state index in [9.17, 15) is 4.79 Å². The number of alkyl halides is 1. The molecule has 0 N–H and O–H groups in total. The number of nitrogens with zero attached hydrogens (tertiary/aromatic N) is 1. The van der Waals surface area contributed by atoms with Gasteiger partial charge in [0, 0.05) is 17.3 Å². The van der Waals surface area contributed by atoms with Crippen LogP contribution in [0.5, 0.6) is 0 Å². The molecule has 3 nitrogen and oxygen atoms in total. The number of rotatable bonds is 1. The molecule has 0 bridgehead atoms. The first kappa shape index (κ1) is 13.0. The van der Waals surface area contributed by atoms with Crippen LogP contribution in [-0.2, 0) is 9.53 Å². The SMILES string of the molecule is CC1COC(CBr)CN1C(=O)C(C)(C)C. The van der Waals surface area contributed by atoms with Crippen molar-refractivity contribution in [1.29, 1.82) is 0 Å². The second-order valence-corrected chi connectivity index (χ2v) is 5.81. The van der Waals surface area contributed by atoms with Crippen molar-refractivity contribution in [2.24, 2.45) is 5.41 Å². The number of carbonyl (C=O) groups excluding carboxylic acids is 1. The predicted octanol–water partition coefficient (Wildman–Crippen LogP) is 2.04. The minimum atomic E-state index is -0.303. The molecule has 1 heterocycles. The second-order valence-electron chi connectivity index (χ2n) is 5.17. The van der Waals surface area contributed by atoms with Crippen LogP contribution in [0.2, 0.25) is 0 Å². The molecule has 1 rings (SSSR count). The Balaban J connectivity index is 2.70. The van der Waals surface area contributed by atoms with E-state index in [-0.39, 0.29) is 23.5 Å². The molecule has 1 amide bonds. The van der Waals surface area contributed by atoms with Crippen molar-refractivity contribution in [2.45, 2.75) is 39.8 Å². The molecule has 1 aliphatic rings. The van der Waals surface area contributed by atoms with Gasteiger partial charge in [0.05, 0.1) is 18.8 Å². The molecular formula is C11H20BrNO2. The minimum absolute atomic E-state index is 0.132. The maximum absolute atomic E-state index is 12.1. The van der Waals surface area contributed by atoms with E-state index in [0.717, 1.165) is 5.33 Å². The van der Waals surface area contributed by atoms with Crippen LogP contribution in [0.4, 0.5) is 0 Å². The highest BCUT2D eigenvalue weighted by atomic mass is 79.9. The normalized spacial score (nSPS) is 27.9.